The third kappa shape index (κ3) is 20.5. The molecule has 13 aromatic rings. The number of carbonyl (C=O) groups is 8. The van der Waals surface area contributed by atoms with Crippen LogP contribution in [0.3, 0.4) is 0 Å². The van der Waals surface area contributed by atoms with E-state index in [-0.39, 0.29) is 124 Å². The van der Waals surface area contributed by atoms with E-state index in [1.165, 1.54) is 39.2 Å². The summed E-state index contributed by atoms with van der Waals surface area (Å²) in [7, 11) is 12.6. The van der Waals surface area contributed by atoms with Crippen molar-refractivity contribution in [2.24, 2.45) is 0 Å². The molecule has 4 aliphatic heterocycles. The number of likely N-dealkylation sites (N-methyl/N-ethyl adjacent to an activating group) is 8. The van der Waals surface area contributed by atoms with Gasteiger partial charge in [-0.25, -0.2) is 0 Å². The van der Waals surface area contributed by atoms with Crippen LogP contribution in [0.5, 0.6) is 0 Å². The van der Waals surface area contributed by atoms with Crippen molar-refractivity contribution in [3.63, 3.8) is 0 Å². The summed E-state index contributed by atoms with van der Waals surface area (Å²) in [5, 5.41) is 14.9. The Morgan fingerprint density at radius 3 is 0.708 bits per heavy atom. The molecule has 0 radical (unpaired) electrons. The average Bonchev–Trinajstić information content (AvgIpc) is 1.62. The number of amides is 8. The first kappa shape index (κ1) is 94.3. The van der Waals surface area contributed by atoms with Gasteiger partial charge in [-0.15, -0.1) is 0 Å². The van der Waals surface area contributed by atoms with Gasteiger partial charge in [0.05, 0.1) is 0 Å². The zero-order chi connectivity index (χ0) is 92.6. The summed E-state index contributed by atoms with van der Waals surface area (Å²) in [5.41, 5.74) is 8.94. The minimum atomic E-state index is -0.397. The second kappa shape index (κ2) is 41.5. The summed E-state index contributed by atoms with van der Waals surface area (Å²) in [5.74, 6) is -3.10. The van der Waals surface area contributed by atoms with Crippen LogP contribution in [0.4, 0.5) is 63.7 Å². The Morgan fingerprint density at radius 1 is 0.262 bits per heavy atom. The van der Waals surface area contributed by atoms with Crippen molar-refractivity contribution >= 4 is 320 Å². The molecule has 0 N–H and O–H groups in total. The summed E-state index contributed by atoms with van der Waals surface area (Å²) in [6, 6.07) is 90.5. The van der Waals surface area contributed by atoms with Gasteiger partial charge in [-0.2, -0.15) is 0 Å². The summed E-state index contributed by atoms with van der Waals surface area (Å²) in [6.45, 7) is 0. The third-order valence-electron chi connectivity index (χ3n) is 20.7. The number of nitrogens with zero attached hydrogens (tertiary/aromatic N) is 13. The van der Waals surface area contributed by atoms with E-state index < -0.39 is 23.6 Å². The van der Waals surface area contributed by atoms with Gasteiger partial charge in [0.1, 0.15) is 0 Å². The average molecular weight is 2130 g/mol. The molecular weight excluding hydrogens is 2060 g/mol. The molecule has 130 heavy (non-hydrogen) atoms. The second-order valence-corrected chi connectivity index (χ2v) is 41.4. The fourth-order valence-corrected chi connectivity index (χ4v) is 23.4. The molecule has 8 heterocycles. The van der Waals surface area contributed by atoms with Crippen molar-refractivity contribution in [3.8, 4) is 6.07 Å². The molecule has 8 amide bonds. The van der Waals surface area contributed by atoms with Gasteiger partial charge < -0.3 is 0 Å². The Bertz CT molecular complexity index is 6510. The molecule has 0 spiro atoms. The normalized spacial score (nSPS) is 14.1. The van der Waals surface area contributed by atoms with Crippen molar-refractivity contribution < 1.29 is 38.4 Å². The first-order chi connectivity index (χ1) is 62.4. The Labute approximate surface area is 815 Å². The molecule has 17 rings (SSSR count). The van der Waals surface area contributed by atoms with E-state index in [1.54, 1.807) is 80.7 Å². The van der Waals surface area contributed by atoms with E-state index in [9.17, 15) is 43.6 Å². The number of fused-ring (bicyclic) bond motifs is 1. The summed E-state index contributed by atoms with van der Waals surface area (Å²) >= 11 is 44.5. The topological polar surface area (TPSA) is 199 Å². The number of hydrogen-bond acceptors (Lipinski definition) is 17. The molecule has 0 bridgehead atoms. The van der Waals surface area contributed by atoms with Crippen molar-refractivity contribution in [1.29, 1.82) is 5.26 Å². The van der Waals surface area contributed by atoms with E-state index in [4.69, 9.17) is 95.3 Å². The van der Waals surface area contributed by atoms with Gasteiger partial charge in [0.2, 0.25) is 0 Å². The van der Waals surface area contributed by atoms with Gasteiger partial charge in [-0.1, -0.05) is 0 Å². The van der Waals surface area contributed by atoms with E-state index in [0.29, 0.717) is 25.7 Å². The van der Waals surface area contributed by atoms with Crippen LogP contribution >= 0.6 is 95.3 Å². The zero-order valence-electron chi connectivity index (χ0n) is 70.1. The fourth-order valence-electron chi connectivity index (χ4n) is 13.9. The zero-order valence-corrected chi connectivity index (χ0v) is 83.3. The summed E-state index contributed by atoms with van der Waals surface area (Å²) < 4.78 is 7.94. The molecule has 650 valence electrons. The van der Waals surface area contributed by atoms with Crippen LogP contribution in [0.15, 0.2) is 295 Å². The second-order valence-electron chi connectivity index (χ2n) is 29.0. The maximum atomic E-state index is 12.8. The standard InChI is InChI=1S/C28H20N4O2SSe.C23H17Cl2N3O2SSe.2C23H18ClN3O2SSe/c1-30-26(33)23(27(34)31(2)28(30)35)16-20-13-15-25(36-20)32(19-8-4-3-5-9-19)24-14-12-18(17-29)21-10-6-7-11-22(21)24;1-26-21(29)19(22(30)27(2)23(26)31)13-18-11-12-20(32-18)28(16-7-3-14(24)4-8-16)17-9-5-15(25)6-10-17;2*1-25-21(28)19(22(29)26(2)23(25)30)14-18-12-13-20(31-18)27(16-6-4-3-5-7-16)17-10-8-15(24)9-11-17/h3-16H,1-2H3;3-13H,1-2H3;2*3-14H,1-2H3. The molecule has 9 aromatic carbocycles. The molecule has 4 saturated heterocycles. The molecule has 33 heteroatoms. The van der Waals surface area contributed by atoms with Crippen molar-refractivity contribution in [3.05, 3.63) is 339 Å². The van der Waals surface area contributed by atoms with E-state index in [2.05, 4.69) is 25.7 Å². The number of benzene rings is 9. The Hall–Kier alpha value is -11.8. The molecule has 0 saturated carbocycles. The molecule has 0 unspecified atom stereocenters. The Morgan fingerprint density at radius 2 is 0.469 bits per heavy atom. The predicted molar refractivity (Wildman–Crippen MR) is 539 cm³/mol. The van der Waals surface area contributed by atoms with Gasteiger partial charge >= 0.3 is 823 Å². The van der Waals surface area contributed by atoms with Crippen LogP contribution in [0.1, 0.15) is 23.3 Å². The Balaban J connectivity index is 0.000000140. The first-order valence-electron chi connectivity index (χ1n) is 39.4. The number of anilines is 12. The van der Waals surface area contributed by atoms with Crippen LogP contribution in [0, 0.1) is 11.3 Å². The molecular formula is C97H73Cl4N13O8S4Se4. The molecule has 4 aliphatic rings. The molecule has 0 aliphatic carbocycles. The van der Waals surface area contributed by atoms with Gasteiger partial charge in [-0.05, 0) is 0 Å². The quantitative estimate of drug-likeness (QED) is 0.0382. The van der Waals surface area contributed by atoms with E-state index in [0.717, 1.165) is 92.3 Å². The molecule has 4 aromatic heterocycles. The summed E-state index contributed by atoms with van der Waals surface area (Å²) in [4.78, 5) is 121. The van der Waals surface area contributed by atoms with Crippen LogP contribution < -0.4 is 19.6 Å². The Kier molecular flexibility index (Phi) is 30.1. The van der Waals surface area contributed by atoms with Crippen LogP contribution in [-0.2, 0) is 38.4 Å². The van der Waals surface area contributed by atoms with Gasteiger partial charge in [0, 0.05) is 0 Å². The third-order valence-corrected chi connectivity index (χ3v) is 32.4. The monoisotopic (exact) mass is 2140 g/mol. The number of halogens is 4. The van der Waals surface area contributed by atoms with Crippen molar-refractivity contribution in [2.75, 3.05) is 76.0 Å². The van der Waals surface area contributed by atoms with Gasteiger partial charge in [0.25, 0.3) is 0 Å². The SMILES string of the molecule is CN1C(=O)C(=Cc2ccc(N(c3ccc(Cl)cc3)c3ccc(Cl)cc3)[se]2)C(=O)N(C)C1=S.CN1C(=O)C(=Cc2ccc(N(c3ccccc3)c3ccc(C#N)c4ccccc34)[se]2)C(=O)N(C)C1=S.CN1C(=O)C(=Cc2ccc(N(c3ccccc3)c3ccc(Cl)cc3)[se]2)C(=O)N(C)C1=S.CN1C(=O)C(=Cc2ccc(N(c3ccccc3)c3ccc(Cl)cc3)[se]2)C(=O)N(C)C1=S. The van der Waals surface area contributed by atoms with Crippen LogP contribution in [0.2, 0.25) is 20.1 Å². The van der Waals surface area contributed by atoms with Gasteiger partial charge in [0.15, 0.2) is 0 Å². The number of nitriles is 1. The first-order valence-corrected chi connectivity index (χ1v) is 49.4. The molecule has 21 nitrogen and oxygen atoms in total. The number of thiocarbonyl (C=S) groups is 4. The van der Waals surface area contributed by atoms with E-state index in [1.807, 2.05) is 273 Å². The number of para-hydroxylation sites is 3. The fraction of sp³-hybridized carbons (Fsp3) is 0.0825. The van der Waals surface area contributed by atoms with Crippen molar-refractivity contribution in [1.82, 2.24) is 39.2 Å². The van der Waals surface area contributed by atoms with Crippen molar-refractivity contribution in [2.45, 2.75) is 0 Å². The van der Waals surface area contributed by atoms with E-state index >= 15 is 0 Å². The van der Waals surface area contributed by atoms with Crippen LogP contribution in [-0.4, -0.2) is 221 Å². The number of carbonyl (C=O) groups excluding carboxylic acids is 8. The minimum absolute atomic E-state index is 0.103. The molecule has 4 fully saturated rings. The van der Waals surface area contributed by atoms with Crippen LogP contribution in [0.25, 0.3) is 35.1 Å². The summed E-state index contributed by atoms with van der Waals surface area (Å²) in [6.07, 6.45) is 6.73. The molecule has 0 atom stereocenters. The number of hydrogen-bond donors (Lipinski definition) is 0. The predicted octanol–water partition coefficient (Wildman–Crippen LogP) is 18.9. The number of rotatable bonds is 16. The maximum absolute atomic E-state index is 12.8. The van der Waals surface area contributed by atoms with Gasteiger partial charge in [-0.3, -0.25) is 0 Å².